The van der Waals surface area contributed by atoms with E-state index in [0.29, 0.717) is 18.5 Å². The van der Waals surface area contributed by atoms with Crippen LogP contribution in [0.25, 0.3) is 10.8 Å². The summed E-state index contributed by atoms with van der Waals surface area (Å²) in [6.07, 6.45) is -8.22. The number of halogens is 6. The van der Waals surface area contributed by atoms with Crippen LogP contribution in [0.15, 0.2) is 30.3 Å². The number of fused-ring (bicyclic) bond motifs is 1. The molecule has 0 radical (unpaired) electrons. The van der Waals surface area contributed by atoms with Crippen molar-refractivity contribution < 1.29 is 41.0 Å². The second kappa shape index (κ2) is 10.7. The summed E-state index contributed by atoms with van der Waals surface area (Å²) in [7, 11) is 0. The highest BCUT2D eigenvalue weighted by atomic mass is 19.4. The molecule has 1 N–H and O–H groups in total. The molecule has 4 rings (SSSR count). The minimum Gasteiger partial charge on any atom is -0.490 e. The van der Waals surface area contributed by atoms with Gasteiger partial charge in [0.1, 0.15) is 11.3 Å². The van der Waals surface area contributed by atoms with Crippen molar-refractivity contribution in [2.45, 2.75) is 70.4 Å². The largest absolute Gasteiger partial charge is 0.490 e. The molecule has 1 saturated carbocycles. The molecule has 2 fully saturated rings. The maximum absolute atomic E-state index is 14.1. The van der Waals surface area contributed by atoms with Gasteiger partial charge in [0.05, 0.1) is 17.9 Å². The van der Waals surface area contributed by atoms with Crippen molar-refractivity contribution in [3.8, 4) is 5.75 Å². The first-order valence-corrected chi connectivity index (χ1v) is 12.6. The first kappa shape index (κ1) is 27.5. The van der Waals surface area contributed by atoms with Crippen LogP contribution in [0.5, 0.6) is 5.75 Å². The Morgan fingerprint density at radius 3 is 2.38 bits per heavy atom. The SMILES string of the molecule is CC(C(=O)O)[C@H]1CCCN(Cc2ccc3c(C(F)(F)F)c(O[C@H]4CC[C@@H](C(F)(F)F)CC4)ccc3c2)C1. The summed E-state index contributed by atoms with van der Waals surface area (Å²) >= 11 is 0. The van der Waals surface area contributed by atoms with Crippen molar-refractivity contribution in [2.75, 3.05) is 13.1 Å². The van der Waals surface area contributed by atoms with Gasteiger partial charge in [0, 0.05) is 13.1 Å². The van der Waals surface area contributed by atoms with Gasteiger partial charge in [0.25, 0.3) is 0 Å². The molecule has 1 saturated heterocycles. The molecular weight excluding hydrogens is 500 g/mol. The van der Waals surface area contributed by atoms with Gasteiger partial charge in [-0.05, 0) is 79.5 Å². The zero-order chi connectivity index (χ0) is 27.0. The fourth-order valence-corrected chi connectivity index (χ4v) is 5.64. The predicted octanol–water partition coefficient (Wildman–Crippen LogP) is 7.29. The van der Waals surface area contributed by atoms with Crippen molar-refractivity contribution in [3.63, 3.8) is 0 Å². The topological polar surface area (TPSA) is 49.8 Å². The predicted molar refractivity (Wildman–Crippen MR) is 126 cm³/mol. The van der Waals surface area contributed by atoms with Gasteiger partial charge in [0.2, 0.25) is 0 Å². The summed E-state index contributed by atoms with van der Waals surface area (Å²) in [5.41, 5.74) is -0.0915. The number of rotatable bonds is 6. The van der Waals surface area contributed by atoms with Crippen LogP contribution >= 0.6 is 0 Å². The minimum atomic E-state index is -4.70. The first-order valence-electron chi connectivity index (χ1n) is 12.6. The number of aliphatic carboxylic acids is 1. The van der Waals surface area contributed by atoms with Gasteiger partial charge in [-0.1, -0.05) is 25.1 Å². The molecule has 2 aliphatic rings. The number of likely N-dealkylation sites (tertiary alicyclic amines) is 1. The summed E-state index contributed by atoms with van der Waals surface area (Å²) in [4.78, 5) is 13.5. The quantitative estimate of drug-likeness (QED) is 0.398. The van der Waals surface area contributed by atoms with E-state index in [1.54, 1.807) is 25.1 Å². The number of carbonyl (C=O) groups is 1. The van der Waals surface area contributed by atoms with E-state index in [9.17, 15) is 36.2 Å². The number of benzene rings is 2. The van der Waals surface area contributed by atoms with Crippen LogP contribution in [-0.4, -0.2) is 41.3 Å². The number of ether oxygens (including phenoxy) is 1. The van der Waals surface area contributed by atoms with Crippen molar-refractivity contribution in [2.24, 2.45) is 17.8 Å². The number of hydrogen-bond acceptors (Lipinski definition) is 3. The summed E-state index contributed by atoms with van der Waals surface area (Å²) in [5.74, 6) is -3.06. The Kier molecular flexibility index (Phi) is 7.97. The second-order valence-corrected chi connectivity index (χ2v) is 10.4. The Morgan fingerprint density at radius 2 is 1.76 bits per heavy atom. The third kappa shape index (κ3) is 6.51. The summed E-state index contributed by atoms with van der Waals surface area (Å²) in [6.45, 7) is 3.61. The van der Waals surface area contributed by atoms with Gasteiger partial charge in [-0.2, -0.15) is 26.3 Å². The van der Waals surface area contributed by atoms with Crippen molar-refractivity contribution >= 4 is 16.7 Å². The Bertz CT molecular complexity index is 1110. The van der Waals surface area contributed by atoms with Crippen LogP contribution in [-0.2, 0) is 17.5 Å². The van der Waals surface area contributed by atoms with Crippen LogP contribution in [0.3, 0.4) is 0 Å². The smallest absolute Gasteiger partial charge is 0.420 e. The highest BCUT2D eigenvalue weighted by Crippen LogP contribution is 2.44. The molecule has 0 bridgehead atoms. The molecule has 10 heteroatoms. The lowest BCUT2D eigenvalue weighted by Crippen LogP contribution is -2.39. The van der Waals surface area contributed by atoms with Gasteiger partial charge >= 0.3 is 18.3 Å². The Morgan fingerprint density at radius 1 is 1.05 bits per heavy atom. The number of hydrogen-bond donors (Lipinski definition) is 1. The molecule has 1 aliphatic carbocycles. The summed E-state index contributed by atoms with van der Waals surface area (Å²) in [6, 6.07) is 7.57. The minimum absolute atomic E-state index is 0.0197. The normalized spacial score (nSPS) is 24.7. The zero-order valence-electron chi connectivity index (χ0n) is 20.5. The number of piperidine rings is 1. The molecular formula is C27H31F6NO3. The fourth-order valence-electron chi connectivity index (χ4n) is 5.64. The van der Waals surface area contributed by atoms with E-state index in [1.807, 2.05) is 0 Å². The molecule has 2 atom stereocenters. The average Bonchev–Trinajstić information content (AvgIpc) is 2.82. The molecule has 2 aromatic rings. The molecule has 2 aromatic carbocycles. The van der Waals surface area contributed by atoms with Crippen LogP contribution in [0.2, 0.25) is 0 Å². The first-order chi connectivity index (χ1) is 17.3. The van der Waals surface area contributed by atoms with Crippen LogP contribution in [0.1, 0.15) is 56.6 Å². The van der Waals surface area contributed by atoms with E-state index in [1.165, 1.54) is 12.1 Å². The lowest BCUT2D eigenvalue weighted by Gasteiger charge is -2.34. The average molecular weight is 532 g/mol. The van der Waals surface area contributed by atoms with Gasteiger partial charge in [0.15, 0.2) is 0 Å². The van der Waals surface area contributed by atoms with E-state index in [2.05, 4.69) is 4.90 Å². The summed E-state index contributed by atoms with van der Waals surface area (Å²) in [5, 5.41) is 9.70. The third-order valence-electron chi connectivity index (χ3n) is 7.80. The standard InChI is InChI=1S/C27H31F6NO3/c1-16(25(35)36)19-3-2-12-34(15-19)14-17-4-10-22-18(13-17)5-11-23(24(22)27(31,32)33)37-21-8-6-20(7-9-21)26(28,29)30/h4-5,10-11,13,16,19-21H,2-3,6-9,12,14-15H2,1H3,(H,35,36)/t16?,19-,20-,21+/m0/s1. The van der Waals surface area contributed by atoms with E-state index in [0.717, 1.165) is 24.9 Å². The Balaban J connectivity index is 1.52. The van der Waals surface area contributed by atoms with Crippen molar-refractivity contribution in [1.29, 1.82) is 0 Å². The Hall–Kier alpha value is -2.49. The lowest BCUT2D eigenvalue weighted by molar-refractivity contribution is -0.185. The van der Waals surface area contributed by atoms with Gasteiger partial charge < -0.3 is 9.84 Å². The van der Waals surface area contributed by atoms with E-state index >= 15 is 0 Å². The zero-order valence-corrected chi connectivity index (χ0v) is 20.5. The molecule has 0 aromatic heterocycles. The van der Waals surface area contributed by atoms with Crippen molar-refractivity contribution in [1.82, 2.24) is 4.90 Å². The summed E-state index contributed by atoms with van der Waals surface area (Å²) < 4.78 is 86.8. The van der Waals surface area contributed by atoms with E-state index in [-0.39, 0.29) is 42.7 Å². The van der Waals surface area contributed by atoms with E-state index in [4.69, 9.17) is 4.74 Å². The van der Waals surface area contributed by atoms with E-state index < -0.39 is 41.8 Å². The van der Waals surface area contributed by atoms with Crippen molar-refractivity contribution in [3.05, 3.63) is 41.5 Å². The molecule has 1 unspecified atom stereocenters. The lowest BCUT2D eigenvalue weighted by atomic mass is 9.86. The maximum atomic E-state index is 14.1. The number of nitrogens with zero attached hydrogens (tertiary/aromatic N) is 1. The van der Waals surface area contributed by atoms with Crippen LogP contribution in [0, 0.1) is 17.8 Å². The van der Waals surface area contributed by atoms with Crippen LogP contribution in [0.4, 0.5) is 26.3 Å². The highest BCUT2D eigenvalue weighted by Gasteiger charge is 2.43. The monoisotopic (exact) mass is 531 g/mol. The molecule has 0 spiro atoms. The van der Waals surface area contributed by atoms with Gasteiger partial charge in [-0.15, -0.1) is 0 Å². The second-order valence-electron chi connectivity index (χ2n) is 10.4. The fraction of sp³-hybridized carbons (Fsp3) is 0.593. The Labute approximate surface area is 211 Å². The molecule has 4 nitrogen and oxygen atoms in total. The third-order valence-corrected chi connectivity index (χ3v) is 7.80. The molecule has 1 aliphatic heterocycles. The van der Waals surface area contributed by atoms with Gasteiger partial charge in [-0.25, -0.2) is 0 Å². The highest BCUT2D eigenvalue weighted by molar-refractivity contribution is 5.89. The maximum Gasteiger partial charge on any atom is 0.420 e. The molecule has 0 amide bonds. The molecule has 204 valence electrons. The molecule has 1 heterocycles. The van der Waals surface area contributed by atoms with Crippen LogP contribution < -0.4 is 4.74 Å². The molecule has 37 heavy (non-hydrogen) atoms. The number of carboxylic acids is 1. The number of alkyl halides is 6. The number of carboxylic acid groups (broad SMARTS) is 1. The van der Waals surface area contributed by atoms with Gasteiger partial charge in [-0.3, -0.25) is 9.69 Å².